The molecule has 1 aliphatic heterocycles. The number of amides is 1. The lowest BCUT2D eigenvalue weighted by molar-refractivity contribution is -0.168. The number of carbonyl (C=O) groups excluding carboxylic acids is 1. The molecule has 0 spiro atoms. The molecule has 0 bridgehead atoms. The van der Waals surface area contributed by atoms with Crippen LogP contribution in [0.5, 0.6) is 0 Å². The molecule has 28 heavy (non-hydrogen) atoms. The number of fused-ring (bicyclic) bond motifs is 1. The molecule has 9 heteroatoms. The molecular formula is C19H19F4N3O2. The molecule has 150 valence electrons. The number of benzene rings is 1. The summed E-state index contributed by atoms with van der Waals surface area (Å²) in [7, 11) is 0. The van der Waals surface area contributed by atoms with Crippen LogP contribution in [-0.2, 0) is 6.42 Å². The zero-order chi connectivity index (χ0) is 20.6. The average Bonchev–Trinajstić information content (AvgIpc) is 2.99. The minimum Gasteiger partial charge on any atom is -0.364 e. The summed E-state index contributed by atoms with van der Waals surface area (Å²) in [6.07, 6.45) is -6.29. The number of hydrogen-bond donors (Lipinski definition) is 2. The number of alkyl halides is 2. The second-order valence-corrected chi connectivity index (χ2v) is 7.12. The van der Waals surface area contributed by atoms with Gasteiger partial charge in [0.1, 0.15) is 5.70 Å². The van der Waals surface area contributed by atoms with Crippen LogP contribution in [-0.4, -0.2) is 33.2 Å². The summed E-state index contributed by atoms with van der Waals surface area (Å²) in [5.41, 5.74) is -1.03. The summed E-state index contributed by atoms with van der Waals surface area (Å²) in [6, 6.07) is 8.06. The van der Waals surface area contributed by atoms with E-state index in [-0.39, 0.29) is 16.5 Å². The summed E-state index contributed by atoms with van der Waals surface area (Å²) in [6.45, 7) is 3.91. The highest BCUT2D eigenvalue weighted by Gasteiger charge is 2.53. The highest BCUT2D eigenvalue weighted by atomic mass is 19.3. The van der Waals surface area contributed by atoms with Crippen LogP contribution in [0, 0.1) is 5.92 Å². The molecule has 1 fully saturated rings. The number of pyridine rings is 1. The maximum Gasteiger partial charge on any atom is 0.291 e. The van der Waals surface area contributed by atoms with Gasteiger partial charge in [0, 0.05) is 11.1 Å². The van der Waals surface area contributed by atoms with Crippen LogP contribution < -0.4 is 5.43 Å². The lowest BCUT2D eigenvalue weighted by Crippen LogP contribution is -2.55. The van der Waals surface area contributed by atoms with Gasteiger partial charge in [-0.3, -0.25) is 15.2 Å². The Kier molecular flexibility index (Phi) is 5.29. The number of nitrogens with zero attached hydrogens (tertiary/aromatic N) is 2. The lowest BCUT2D eigenvalue weighted by Gasteiger charge is -2.31. The van der Waals surface area contributed by atoms with Gasteiger partial charge in [-0.05, 0) is 24.5 Å². The standard InChI is InChI=1S/C19H19F4N3O2/c1-10(2)7-11-8-13(12-5-3-4-6-14(12)24-11)17(27)26-19(28,18(22)23)9-15(25-26)16(20)21/h3-6,8,10,18,25,28H,7,9H2,1-2H3. The minimum atomic E-state index is -3.45. The number of hydrogen-bond acceptors (Lipinski definition) is 4. The van der Waals surface area contributed by atoms with E-state index in [0.717, 1.165) is 0 Å². The van der Waals surface area contributed by atoms with Crippen LogP contribution in [0.1, 0.15) is 36.3 Å². The van der Waals surface area contributed by atoms with E-state index in [0.29, 0.717) is 23.0 Å². The van der Waals surface area contributed by atoms with Gasteiger partial charge in [-0.15, -0.1) is 0 Å². The molecule has 3 rings (SSSR count). The van der Waals surface area contributed by atoms with Gasteiger partial charge in [-0.2, -0.15) is 8.78 Å². The third kappa shape index (κ3) is 3.54. The molecule has 0 radical (unpaired) electrons. The van der Waals surface area contributed by atoms with E-state index < -0.39 is 36.3 Å². The van der Waals surface area contributed by atoms with E-state index in [4.69, 9.17) is 0 Å². The number of rotatable bonds is 4. The monoisotopic (exact) mass is 397 g/mol. The van der Waals surface area contributed by atoms with Crippen LogP contribution >= 0.6 is 0 Å². The van der Waals surface area contributed by atoms with E-state index in [9.17, 15) is 27.5 Å². The second kappa shape index (κ2) is 7.38. The van der Waals surface area contributed by atoms with E-state index in [1.807, 2.05) is 19.3 Å². The first-order valence-electron chi connectivity index (χ1n) is 8.68. The van der Waals surface area contributed by atoms with Crippen LogP contribution in [0.4, 0.5) is 17.6 Å². The fourth-order valence-corrected chi connectivity index (χ4v) is 3.17. The SMILES string of the molecule is CC(C)Cc1cc(C(=O)N2NC(=C(F)F)CC2(O)C(F)F)c2ccccc2n1. The summed E-state index contributed by atoms with van der Waals surface area (Å²) in [5, 5.41) is 10.8. The van der Waals surface area contributed by atoms with Crippen molar-refractivity contribution >= 4 is 16.8 Å². The van der Waals surface area contributed by atoms with Gasteiger partial charge in [-0.1, -0.05) is 32.0 Å². The Labute approximate surface area is 158 Å². The normalized spacial score (nSPS) is 19.6. The molecule has 0 aliphatic carbocycles. The average molecular weight is 397 g/mol. The Bertz CT molecular complexity index is 944. The third-order valence-electron chi connectivity index (χ3n) is 4.47. The number of hydrazine groups is 1. The number of para-hydroxylation sites is 1. The Morgan fingerprint density at radius 3 is 2.61 bits per heavy atom. The van der Waals surface area contributed by atoms with Gasteiger partial charge in [0.25, 0.3) is 18.4 Å². The molecule has 2 aromatic rings. The molecule has 5 nitrogen and oxygen atoms in total. The number of aliphatic hydroxyl groups is 1. The Morgan fingerprint density at radius 2 is 2.00 bits per heavy atom. The molecule has 2 N–H and O–H groups in total. The van der Waals surface area contributed by atoms with E-state index in [1.54, 1.807) is 24.3 Å². The smallest absolute Gasteiger partial charge is 0.291 e. The molecule has 2 heterocycles. The fraction of sp³-hybridized carbons (Fsp3) is 0.368. The van der Waals surface area contributed by atoms with Crippen molar-refractivity contribution in [2.24, 2.45) is 5.92 Å². The summed E-state index contributed by atoms with van der Waals surface area (Å²) >= 11 is 0. The summed E-state index contributed by atoms with van der Waals surface area (Å²) in [5.74, 6) is -0.822. The first-order chi connectivity index (χ1) is 13.1. The topological polar surface area (TPSA) is 65.5 Å². The molecule has 1 atom stereocenters. The highest BCUT2D eigenvalue weighted by Crippen LogP contribution is 2.36. The Morgan fingerprint density at radius 1 is 1.32 bits per heavy atom. The van der Waals surface area contributed by atoms with Crippen molar-refractivity contribution in [3.05, 3.63) is 53.4 Å². The number of aromatic nitrogens is 1. The van der Waals surface area contributed by atoms with Gasteiger partial charge in [-0.25, -0.2) is 13.8 Å². The molecule has 1 aromatic carbocycles. The molecular weight excluding hydrogens is 378 g/mol. The minimum absolute atomic E-state index is 0.00617. The van der Waals surface area contributed by atoms with Gasteiger partial charge in [0.2, 0.25) is 5.72 Å². The summed E-state index contributed by atoms with van der Waals surface area (Å²) in [4.78, 5) is 17.5. The molecule has 1 saturated heterocycles. The van der Waals surface area contributed by atoms with Crippen molar-refractivity contribution in [2.75, 3.05) is 0 Å². The summed E-state index contributed by atoms with van der Waals surface area (Å²) < 4.78 is 52.9. The van der Waals surface area contributed by atoms with Gasteiger partial charge >= 0.3 is 0 Å². The van der Waals surface area contributed by atoms with Crippen molar-refractivity contribution in [3.63, 3.8) is 0 Å². The maximum atomic E-state index is 13.5. The zero-order valence-corrected chi connectivity index (χ0v) is 15.2. The lowest BCUT2D eigenvalue weighted by atomic mass is 10.0. The first-order valence-corrected chi connectivity index (χ1v) is 8.68. The molecule has 1 aromatic heterocycles. The van der Waals surface area contributed by atoms with Crippen LogP contribution in [0.25, 0.3) is 10.9 Å². The van der Waals surface area contributed by atoms with Crippen molar-refractivity contribution in [3.8, 4) is 0 Å². The van der Waals surface area contributed by atoms with Crippen molar-refractivity contribution in [2.45, 2.75) is 38.8 Å². The molecule has 0 saturated carbocycles. The number of carbonyl (C=O) groups is 1. The Balaban J connectivity index is 2.13. The van der Waals surface area contributed by atoms with Gasteiger partial charge in [0.05, 0.1) is 17.5 Å². The van der Waals surface area contributed by atoms with E-state index >= 15 is 0 Å². The predicted octanol–water partition coefficient (Wildman–Crippen LogP) is 3.85. The quantitative estimate of drug-likeness (QED) is 0.770. The molecule has 1 aliphatic rings. The maximum absolute atomic E-state index is 13.5. The largest absolute Gasteiger partial charge is 0.364 e. The van der Waals surface area contributed by atoms with Crippen molar-refractivity contribution in [1.29, 1.82) is 0 Å². The van der Waals surface area contributed by atoms with Crippen LogP contribution in [0.15, 0.2) is 42.1 Å². The van der Waals surface area contributed by atoms with Gasteiger partial charge < -0.3 is 5.11 Å². The number of nitrogens with one attached hydrogen (secondary N) is 1. The van der Waals surface area contributed by atoms with E-state index in [1.165, 1.54) is 6.07 Å². The molecule has 1 amide bonds. The highest BCUT2D eigenvalue weighted by molar-refractivity contribution is 6.06. The van der Waals surface area contributed by atoms with E-state index in [2.05, 4.69) is 4.98 Å². The molecule has 1 unspecified atom stereocenters. The van der Waals surface area contributed by atoms with Crippen molar-refractivity contribution in [1.82, 2.24) is 15.4 Å². The number of halogens is 4. The van der Waals surface area contributed by atoms with Crippen molar-refractivity contribution < 1.29 is 27.5 Å². The fourth-order valence-electron chi connectivity index (χ4n) is 3.17. The zero-order valence-electron chi connectivity index (χ0n) is 15.2. The van der Waals surface area contributed by atoms with Crippen LogP contribution in [0.2, 0.25) is 0 Å². The second-order valence-electron chi connectivity index (χ2n) is 7.12. The van der Waals surface area contributed by atoms with Gasteiger partial charge in [0.15, 0.2) is 0 Å². The Hall–Kier alpha value is -2.68. The third-order valence-corrected chi connectivity index (χ3v) is 4.47. The predicted molar refractivity (Wildman–Crippen MR) is 94.4 cm³/mol. The van der Waals surface area contributed by atoms with Crippen LogP contribution in [0.3, 0.4) is 0 Å². The first kappa shape index (κ1) is 20.1.